The molecule has 0 aliphatic carbocycles. The Morgan fingerprint density at radius 3 is 2.43 bits per heavy atom. The molecule has 0 aromatic heterocycles. The van der Waals surface area contributed by atoms with Crippen molar-refractivity contribution in [1.82, 2.24) is 0 Å². The topological polar surface area (TPSA) is 9.23 Å². The first-order valence-corrected chi connectivity index (χ1v) is 5.16. The lowest BCUT2D eigenvalue weighted by Crippen LogP contribution is -2.37. The third kappa shape index (κ3) is 1.66. The number of hydrogen-bond donors (Lipinski definition) is 0. The van der Waals surface area contributed by atoms with Crippen LogP contribution in [-0.2, 0) is 4.74 Å². The third-order valence-electron chi connectivity index (χ3n) is 3.40. The summed E-state index contributed by atoms with van der Waals surface area (Å²) in [4.78, 5) is 0. The van der Waals surface area contributed by atoms with Gasteiger partial charge in [-0.25, -0.2) is 0 Å². The average Bonchev–Trinajstić information content (AvgIpc) is 2.57. The van der Waals surface area contributed by atoms with E-state index in [-0.39, 0.29) is 11.5 Å². The quantitative estimate of drug-likeness (QED) is 0.608. The summed E-state index contributed by atoms with van der Waals surface area (Å²) >= 11 is 0. The maximum Gasteiger partial charge on any atom is 0.126 e. The average molecular weight is 190 g/mol. The Morgan fingerprint density at radius 2 is 2.07 bits per heavy atom. The van der Waals surface area contributed by atoms with Gasteiger partial charge in [-0.1, -0.05) is 12.8 Å². The van der Waals surface area contributed by atoms with Gasteiger partial charge < -0.3 is 4.74 Å². The molecule has 1 aliphatic rings. The zero-order valence-corrected chi connectivity index (χ0v) is 9.26. The van der Waals surface area contributed by atoms with E-state index in [0.29, 0.717) is 0 Å². The van der Waals surface area contributed by atoms with Crippen molar-refractivity contribution in [3.63, 3.8) is 0 Å². The second-order valence-electron chi connectivity index (χ2n) is 4.28. The summed E-state index contributed by atoms with van der Waals surface area (Å²) < 4.78 is 6.01. The largest absolute Gasteiger partial charge is 0.355 e. The first-order chi connectivity index (χ1) is 6.52. The van der Waals surface area contributed by atoms with E-state index in [1.54, 1.807) is 0 Å². The van der Waals surface area contributed by atoms with Crippen molar-refractivity contribution in [3.8, 4) is 24.7 Å². The molecule has 3 atom stereocenters. The van der Waals surface area contributed by atoms with Crippen LogP contribution < -0.4 is 0 Å². The summed E-state index contributed by atoms with van der Waals surface area (Å²) in [5.74, 6) is 5.61. The molecule has 0 radical (unpaired) electrons. The third-order valence-corrected chi connectivity index (χ3v) is 3.40. The molecule has 1 rings (SSSR count). The van der Waals surface area contributed by atoms with Crippen molar-refractivity contribution in [2.45, 2.75) is 51.2 Å². The van der Waals surface area contributed by atoms with E-state index in [0.717, 1.165) is 19.3 Å². The maximum absolute atomic E-state index is 6.01. The fraction of sp³-hybridized carbons (Fsp3) is 0.692. The summed E-state index contributed by atoms with van der Waals surface area (Å²) in [6.45, 7) is 6.11. The van der Waals surface area contributed by atoms with Crippen LogP contribution in [0.25, 0.3) is 0 Å². The van der Waals surface area contributed by atoms with Crippen LogP contribution in [0, 0.1) is 30.6 Å². The van der Waals surface area contributed by atoms with Crippen molar-refractivity contribution >= 4 is 0 Å². The zero-order chi connectivity index (χ0) is 10.8. The van der Waals surface area contributed by atoms with Crippen molar-refractivity contribution in [3.05, 3.63) is 0 Å². The van der Waals surface area contributed by atoms with E-state index in [1.165, 1.54) is 0 Å². The minimum Gasteiger partial charge on any atom is -0.355 e. The summed E-state index contributed by atoms with van der Waals surface area (Å²) in [6, 6.07) is 0. The molecule has 1 aliphatic heterocycles. The van der Waals surface area contributed by atoms with Crippen LogP contribution in [0.4, 0.5) is 0 Å². The van der Waals surface area contributed by atoms with Gasteiger partial charge in [0.15, 0.2) is 0 Å². The lowest BCUT2D eigenvalue weighted by Gasteiger charge is -2.33. The van der Waals surface area contributed by atoms with E-state index < -0.39 is 5.60 Å². The Hall–Kier alpha value is -0.920. The summed E-state index contributed by atoms with van der Waals surface area (Å²) in [6.07, 6.45) is 13.7. The standard InChI is InChI=1S/C13H18O/c1-6-11(4)13(8-3)10-9-12(5,7-2)14-13/h1-2,11H,8-10H2,3-5H3. The molecule has 3 unspecified atom stereocenters. The van der Waals surface area contributed by atoms with E-state index in [2.05, 4.69) is 18.8 Å². The Balaban J connectivity index is 2.89. The Bertz CT molecular complexity index is 293. The SMILES string of the molecule is C#CC(C)C1(CC)CCC(C)(C#C)O1. The van der Waals surface area contributed by atoms with Crippen molar-refractivity contribution < 1.29 is 4.74 Å². The van der Waals surface area contributed by atoms with Gasteiger partial charge in [-0.15, -0.1) is 18.8 Å². The molecular formula is C13H18O. The number of ether oxygens (including phenoxy) is 1. The van der Waals surface area contributed by atoms with Gasteiger partial charge in [0.2, 0.25) is 0 Å². The summed E-state index contributed by atoms with van der Waals surface area (Å²) in [7, 11) is 0. The Kier molecular flexibility index (Phi) is 2.93. The molecule has 0 saturated carbocycles. The molecule has 1 saturated heterocycles. The molecule has 1 heterocycles. The van der Waals surface area contributed by atoms with Gasteiger partial charge >= 0.3 is 0 Å². The molecular weight excluding hydrogens is 172 g/mol. The molecule has 0 aromatic rings. The molecule has 0 N–H and O–H groups in total. The van der Waals surface area contributed by atoms with Crippen LogP contribution in [0.15, 0.2) is 0 Å². The second-order valence-corrected chi connectivity index (χ2v) is 4.28. The van der Waals surface area contributed by atoms with Crippen LogP contribution in [0.2, 0.25) is 0 Å². The van der Waals surface area contributed by atoms with E-state index in [4.69, 9.17) is 17.6 Å². The van der Waals surface area contributed by atoms with Gasteiger partial charge in [0.05, 0.1) is 5.60 Å². The summed E-state index contributed by atoms with van der Waals surface area (Å²) in [5, 5.41) is 0. The van der Waals surface area contributed by atoms with Gasteiger partial charge in [-0.05, 0) is 33.1 Å². The van der Waals surface area contributed by atoms with Crippen LogP contribution in [-0.4, -0.2) is 11.2 Å². The fourth-order valence-electron chi connectivity index (χ4n) is 2.11. The summed E-state index contributed by atoms with van der Waals surface area (Å²) in [5.41, 5.74) is -0.614. The van der Waals surface area contributed by atoms with E-state index in [9.17, 15) is 0 Å². The van der Waals surface area contributed by atoms with Gasteiger partial charge in [-0.3, -0.25) is 0 Å². The van der Waals surface area contributed by atoms with E-state index in [1.807, 2.05) is 13.8 Å². The zero-order valence-electron chi connectivity index (χ0n) is 9.26. The van der Waals surface area contributed by atoms with Crippen LogP contribution in [0.3, 0.4) is 0 Å². The van der Waals surface area contributed by atoms with Gasteiger partial charge in [0, 0.05) is 5.92 Å². The molecule has 0 aromatic carbocycles. The second kappa shape index (κ2) is 3.68. The van der Waals surface area contributed by atoms with Gasteiger partial charge in [0.1, 0.15) is 5.60 Å². The van der Waals surface area contributed by atoms with Crippen molar-refractivity contribution in [2.75, 3.05) is 0 Å². The molecule has 14 heavy (non-hydrogen) atoms. The molecule has 0 amide bonds. The predicted molar refractivity (Wildman–Crippen MR) is 58.6 cm³/mol. The fourth-order valence-corrected chi connectivity index (χ4v) is 2.11. The molecule has 0 spiro atoms. The highest BCUT2D eigenvalue weighted by molar-refractivity contribution is 5.15. The predicted octanol–water partition coefficient (Wildman–Crippen LogP) is 2.61. The highest BCUT2D eigenvalue weighted by Gasteiger charge is 2.47. The Morgan fingerprint density at radius 1 is 1.43 bits per heavy atom. The molecule has 76 valence electrons. The van der Waals surface area contributed by atoms with Crippen molar-refractivity contribution in [2.24, 2.45) is 5.92 Å². The van der Waals surface area contributed by atoms with E-state index >= 15 is 0 Å². The lowest BCUT2D eigenvalue weighted by atomic mass is 9.84. The maximum atomic E-state index is 6.01. The normalized spacial score (nSPS) is 38.6. The number of rotatable bonds is 2. The first kappa shape index (κ1) is 11.2. The highest BCUT2D eigenvalue weighted by Crippen LogP contribution is 2.43. The monoisotopic (exact) mass is 190 g/mol. The first-order valence-electron chi connectivity index (χ1n) is 5.16. The number of terminal acetylenes is 2. The highest BCUT2D eigenvalue weighted by atomic mass is 16.5. The smallest absolute Gasteiger partial charge is 0.126 e. The molecule has 1 nitrogen and oxygen atoms in total. The minimum atomic E-state index is -0.416. The van der Waals surface area contributed by atoms with Crippen LogP contribution in [0.5, 0.6) is 0 Å². The minimum absolute atomic E-state index is 0.127. The molecule has 0 bridgehead atoms. The molecule has 1 fully saturated rings. The van der Waals surface area contributed by atoms with Gasteiger partial charge in [0.25, 0.3) is 0 Å². The number of hydrogen-bond acceptors (Lipinski definition) is 1. The Labute approximate surface area is 87.2 Å². The van der Waals surface area contributed by atoms with Crippen LogP contribution >= 0.6 is 0 Å². The van der Waals surface area contributed by atoms with Crippen molar-refractivity contribution in [1.29, 1.82) is 0 Å². The molecule has 1 heteroatoms. The van der Waals surface area contributed by atoms with Crippen LogP contribution in [0.1, 0.15) is 40.0 Å². The van der Waals surface area contributed by atoms with Gasteiger partial charge in [-0.2, -0.15) is 0 Å². The lowest BCUT2D eigenvalue weighted by molar-refractivity contribution is -0.0868.